The van der Waals surface area contributed by atoms with Gasteiger partial charge in [-0.25, -0.2) is 8.42 Å². The number of rotatable bonds is 3. The van der Waals surface area contributed by atoms with Crippen molar-refractivity contribution in [2.45, 2.75) is 31.0 Å². The Morgan fingerprint density at radius 1 is 1.17 bits per heavy atom. The van der Waals surface area contributed by atoms with Crippen LogP contribution >= 0.6 is 0 Å². The first-order valence-corrected chi connectivity index (χ1v) is 6.99. The van der Waals surface area contributed by atoms with E-state index >= 15 is 0 Å². The van der Waals surface area contributed by atoms with Gasteiger partial charge in [-0.3, -0.25) is 0 Å². The zero-order valence-electron chi connectivity index (χ0n) is 10.1. The maximum absolute atomic E-state index is 12.1. The lowest BCUT2D eigenvalue weighted by molar-refractivity contribution is -0.274. The summed E-state index contributed by atoms with van der Waals surface area (Å²) in [6, 6.07) is 3.41. The minimum atomic E-state index is -4.84. The number of alkyl halides is 3. The molecule has 1 aromatic carbocycles. The largest absolute Gasteiger partial charge is 0.573 e. The molecule has 0 spiro atoms. The monoisotopic (exact) mass is 282 g/mol. The Kier molecular flexibility index (Phi) is 3.95. The number of benzene rings is 1. The van der Waals surface area contributed by atoms with E-state index in [1.54, 1.807) is 13.8 Å². The number of sulfone groups is 1. The Labute approximate surface area is 103 Å². The molecule has 3 nitrogen and oxygen atoms in total. The molecule has 0 aliphatic carbocycles. The summed E-state index contributed by atoms with van der Waals surface area (Å²) in [5.74, 6) is -0.628. The van der Waals surface area contributed by atoms with Crippen molar-refractivity contribution >= 4 is 9.84 Å². The van der Waals surface area contributed by atoms with Crippen molar-refractivity contribution in [2.24, 2.45) is 0 Å². The quantitative estimate of drug-likeness (QED) is 0.855. The highest BCUT2D eigenvalue weighted by Crippen LogP contribution is 2.29. The van der Waals surface area contributed by atoms with Gasteiger partial charge < -0.3 is 4.74 Å². The molecule has 1 rings (SSSR count). The van der Waals surface area contributed by atoms with E-state index in [4.69, 9.17) is 0 Å². The third kappa shape index (κ3) is 4.21. The van der Waals surface area contributed by atoms with Gasteiger partial charge >= 0.3 is 6.36 Å². The second kappa shape index (κ2) is 4.79. The van der Waals surface area contributed by atoms with Crippen molar-refractivity contribution in [3.05, 3.63) is 23.8 Å². The summed E-state index contributed by atoms with van der Waals surface area (Å²) in [6.45, 7) is 3.50. The first kappa shape index (κ1) is 14.8. The minimum Gasteiger partial charge on any atom is -0.406 e. The molecule has 0 aliphatic heterocycles. The van der Waals surface area contributed by atoms with Crippen molar-refractivity contribution in [1.29, 1.82) is 0 Å². The number of halogens is 3. The van der Waals surface area contributed by atoms with Gasteiger partial charge in [0.1, 0.15) is 5.75 Å². The lowest BCUT2D eigenvalue weighted by Crippen LogP contribution is -2.17. The molecule has 0 radical (unpaired) electrons. The molecule has 0 heterocycles. The fraction of sp³-hybridized carbons (Fsp3) is 0.455. The molecule has 0 unspecified atom stereocenters. The Balaban J connectivity index is 3.32. The summed E-state index contributed by atoms with van der Waals surface area (Å²) >= 11 is 0. The molecule has 0 atom stereocenters. The van der Waals surface area contributed by atoms with Gasteiger partial charge in [-0.05, 0) is 29.7 Å². The molecule has 1 aromatic rings. The summed E-state index contributed by atoms with van der Waals surface area (Å²) in [6.07, 6.45) is -3.91. The van der Waals surface area contributed by atoms with Crippen LogP contribution < -0.4 is 4.74 Å². The highest BCUT2D eigenvalue weighted by atomic mass is 32.2. The van der Waals surface area contributed by atoms with Crippen LogP contribution in [0.2, 0.25) is 0 Å². The zero-order valence-corrected chi connectivity index (χ0v) is 10.9. The van der Waals surface area contributed by atoms with Gasteiger partial charge in [0.05, 0.1) is 4.90 Å². The highest BCUT2D eigenvalue weighted by molar-refractivity contribution is 7.90. The van der Waals surface area contributed by atoms with Gasteiger partial charge in [0.25, 0.3) is 0 Å². The van der Waals surface area contributed by atoms with Gasteiger partial charge in [-0.1, -0.05) is 13.8 Å². The predicted octanol–water partition coefficient (Wildman–Crippen LogP) is 3.11. The van der Waals surface area contributed by atoms with E-state index < -0.39 is 21.9 Å². The summed E-state index contributed by atoms with van der Waals surface area (Å²) < 4.78 is 62.9. The summed E-state index contributed by atoms with van der Waals surface area (Å²) in [5, 5.41) is 0. The maximum atomic E-state index is 12.1. The number of hydrogen-bond acceptors (Lipinski definition) is 3. The molecule has 0 fully saturated rings. The molecule has 0 saturated carbocycles. The van der Waals surface area contributed by atoms with E-state index in [0.29, 0.717) is 5.56 Å². The van der Waals surface area contributed by atoms with Gasteiger partial charge in [-0.2, -0.15) is 0 Å². The van der Waals surface area contributed by atoms with E-state index in [2.05, 4.69) is 4.74 Å². The molecular formula is C11H13F3O3S. The molecule has 0 saturated heterocycles. The predicted molar refractivity (Wildman–Crippen MR) is 60.3 cm³/mol. The van der Waals surface area contributed by atoms with Crippen LogP contribution in [-0.4, -0.2) is 21.0 Å². The topological polar surface area (TPSA) is 43.4 Å². The smallest absolute Gasteiger partial charge is 0.406 e. The molecule has 102 valence electrons. The second-order valence-corrected chi connectivity index (χ2v) is 6.23. The van der Waals surface area contributed by atoms with Crippen molar-refractivity contribution in [1.82, 2.24) is 0 Å². The average Bonchev–Trinajstić information content (AvgIpc) is 2.12. The number of ether oxygens (including phenoxy) is 1. The van der Waals surface area contributed by atoms with Crippen LogP contribution in [0.25, 0.3) is 0 Å². The molecule has 0 aromatic heterocycles. The average molecular weight is 282 g/mol. The zero-order chi connectivity index (χ0) is 14.1. The third-order valence-corrected chi connectivity index (χ3v) is 3.32. The van der Waals surface area contributed by atoms with Crippen LogP contribution in [-0.2, 0) is 9.84 Å². The van der Waals surface area contributed by atoms with Crippen molar-refractivity contribution in [3.8, 4) is 5.75 Å². The lowest BCUT2D eigenvalue weighted by atomic mass is 10.0. The van der Waals surface area contributed by atoms with Crippen LogP contribution in [0.5, 0.6) is 5.75 Å². The first-order chi connectivity index (χ1) is 7.99. The molecule has 18 heavy (non-hydrogen) atoms. The summed E-state index contributed by atoms with van der Waals surface area (Å²) in [4.78, 5) is -0.187. The van der Waals surface area contributed by atoms with E-state index in [0.717, 1.165) is 12.3 Å². The number of hydrogen-bond donors (Lipinski definition) is 0. The molecule has 7 heteroatoms. The Morgan fingerprint density at radius 3 is 2.11 bits per heavy atom. The molecule has 0 aliphatic rings. The van der Waals surface area contributed by atoms with Crippen LogP contribution in [0.4, 0.5) is 13.2 Å². The Hall–Kier alpha value is -1.24. The van der Waals surface area contributed by atoms with Crippen LogP contribution in [0, 0.1) is 0 Å². The molecule has 0 amide bonds. The molecule has 0 bridgehead atoms. The first-order valence-electron chi connectivity index (χ1n) is 5.10. The lowest BCUT2D eigenvalue weighted by Gasteiger charge is -2.13. The van der Waals surface area contributed by atoms with E-state index in [1.807, 2.05) is 0 Å². The van der Waals surface area contributed by atoms with Gasteiger partial charge in [0.2, 0.25) is 0 Å². The fourth-order valence-corrected chi connectivity index (χ4v) is 2.01. The van der Waals surface area contributed by atoms with Crippen molar-refractivity contribution < 1.29 is 26.3 Å². The van der Waals surface area contributed by atoms with E-state index in [1.165, 1.54) is 12.1 Å². The Bertz CT molecular complexity index is 533. The maximum Gasteiger partial charge on any atom is 0.573 e. The fourth-order valence-electron chi connectivity index (χ4n) is 1.33. The summed E-state index contributed by atoms with van der Waals surface area (Å²) in [7, 11) is -3.58. The van der Waals surface area contributed by atoms with Gasteiger partial charge in [-0.15, -0.1) is 13.2 Å². The van der Waals surface area contributed by atoms with Crippen LogP contribution in [0.1, 0.15) is 25.3 Å². The standard InChI is InChI=1S/C11H13F3O3S/c1-7(2)8-4-9(17-11(12,13)14)6-10(5-8)18(3,15)16/h4-7H,1-3H3. The van der Waals surface area contributed by atoms with Crippen molar-refractivity contribution in [2.75, 3.05) is 6.26 Å². The Morgan fingerprint density at radius 2 is 1.72 bits per heavy atom. The van der Waals surface area contributed by atoms with Gasteiger partial charge in [0.15, 0.2) is 9.84 Å². The summed E-state index contributed by atoms with van der Waals surface area (Å²) in [5.41, 5.74) is 0.470. The van der Waals surface area contributed by atoms with E-state index in [9.17, 15) is 21.6 Å². The van der Waals surface area contributed by atoms with Crippen molar-refractivity contribution in [3.63, 3.8) is 0 Å². The van der Waals surface area contributed by atoms with Gasteiger partial charge in [0, 0.05) is 6.26 Å². The molecular weight excluding hydrogens is 269 g/mol. The van der Waals surface area contributed by atoms with Crippen LogP contribution in [0.3, 0.4) is 0 Å². The normalized spacial score (nSPS) is 12.8. The SMILES string of the molecule is CC(C)c1cc(OC(F)(F)F)cc(S(C)(=O)=O)c1. The third-order valence-electron chi connectivity index (χ3n) is 2.23. The minimum absolute atomic E-state index is 0.109. The second-order valence-electron chi connectivity index (χ2n) is 4.21. The van der Waals surface area contributed by atoms with E-state index in [-0.39, 0.29) is 10.8 Å². The van der Waals surface area contributed by atoms with Crippen LogP contribution in [0.15, 0.2) is 23.1 Å². The highest BCUT2D eigenvalue weighted by Gasteiger charge is 2.31. The molecule has 0 N–H and O–H groups in total.